The average molecular weight is 251 g/mol. The molecule has 0 unspecified atom stereocenters. The van der Waals surface area contributed by atoms with E-state index in [4.69, 9.17) is 10.7 Å². The molecular weight excluding hydrogens is 236 g/mol. The minimum Gasteiger partial charge on any atom is -0.267 e. The van der Waals surface area contributed by atoms with Crippen LogP contribution in [-0.4, -0.2) is 18.2 Å². The molecule has 0 radical (unpaired) electrons. The first-order valence-corrected chi connectivity index (χ1v) is 7.05. The van der Waals surface area contributed by atoms with Gasteiger partial charge in [0.25, 0.3) is 0 Å². The highest BCUT2D eigenvalue weighted by atomic mass is 35.7. The number of hydrogen-bond donors (Lipinski definition) is 0. The van der Waals surface area contributed by atoms with Gasteiger partial charge in [-0.05, 0) is 27.7 Å². The third kappa shape index (κ3) is 3.50. The summed E-state index contributed by atoms with van der Waals surface area (Å²) in [5, 5.41) is 4.26. The Bertz CT molecular complexity index is 457. The normalized spacial score (nSPS) is 13.1. The average Bonchev–Trinajstić information content (AvgIpc) is 2.27. The Morgan fingerprint density at radius 3 is 2.33 bits per heavy atom. The van der Waals surface area contributed by atoms with Gasteiger partial charge in [0.1, 0.15) is 0 Å². The molecule has 15 heavy (non-hydrogen) atoms. The number of nitrogens with zero attached hydrogens (tertiary/aromatic N) is 2. The highest BCUT2D eigenvalue weighted by Gasteiger charge is 2.18. The van der Waals surface area contributed by atoms with Gasteiger partial charge in [-0.25, -0.2) is 8.42 Å². The van der Waals surface area contributed by atoms with Gasteiger partial charge in [0, 0.05) is 22.4 Å². The zero-order chi connectivity index (χ0) is 11.9. The van der Waals surface area contributed by atoms with Crippen LogP contribution in [-0.2, 0) is 20.3 Å². The maximum atomic E-state index is 10.9. The van der Waals surface area contributed by atoms with Crippen molar-refractivity contribution in [1.29, 1.82) is 0 Å². The van der Waals surface area contributed by atoms with E-state index >= 15 is 0 Å². The molecule has 0 N–H and O–H groups in total. The summed E-state index contributed by atoms with van der Waals surface area (Å²) in [4.78, 5) is 0. The summed E-state index contributed by atoms with van der Waals surface area (Å²) in [6.45, 7) is 7.77. The first kappa shape index (κ1) is 12.5. The molecule has 1 rings (SSSR count). The summed E-state index contributed by atoms with van der Waals surface area (Å²) in [6, 6.07) is 0. The molecule has 6 heteroatoms. The van der Waals surface area contributed by atoms with Crippen LogP contribution in [0.3, 0.4) is 0 Å². The summed E-state index contributed by atoms with van der Waals surface area (Å²) in [6.07, 6.45) is 1.73. The summed E-state index contributed by atoms with van der Waals surface area (Å²) in [5.74, 6) is -0.170. The third-order valence-corrected chi connectivity index (χ3v) is 3.00. The van der Waals surface area contributed by atoms with E-state index in [-0.39, 0.29) is 11.3 Å². The third-order valence-electron chi connectivity index (χ3n) is 2.02. The monoisotopic (exact) mass is 250 g/mol. The second-order valence-corrected chi connectivity index (χ2v) is 7.32. The Hall–Kier alpha value is -0.550. The molecule has 0 saturated heterocycles. The lowest BCUT2D eigenvalue weighted by atomic mass is 10.1. The summed E-state index contributed by atoms with van der Waals surface area (Å²) >= 11 is 0. The lowest BCUT2D eigenvalue weighted by molar-refractivity contribution is 0.354. The van der Waals surface area contributed by atoms with Crippen LogP contribution < -0.4 is 0 Å². The van der Waals surface area contributed by atoms with Gasteiger partial charge in [0.2, 0.25) is 9.05 Å². The van der Waals surface area contributed by atoms with Gasteiger partial charge in [0.05, 0.1) is 17.0 Å². The van der Waals surface area contributed by atoms with Gasteiger partial charge >= 0.3 is 0 Å². The Morgan fingerprint density at radius 1 is 1.47 bits per heavy atom. The van der Waals surface area contributed by atoms with E-state index in [1.807, 2.05) is 20.8 Å². The molecule has 0 aromatic carbocycles. The quantitative estimate of drug-likeness (QED) is 0.755. The lowest BCUT2D eigenvalue weighted by Gasteiger charge is -2.18. The van der Waals surface area contributed by atoms with E-state index in [1.54, 1.807) is 17.8 Å². The summed E-state index contributed by atoms with van der Waals surface area (Å²) in [7, 11) is 1.69. The molecule has 1 heterocycles. The molecule has 0 amide bonds. The maximum Gasteiger partial charge on any atom is 0.236 e. The first-order chi connectivity index (χ1) is 6.59. The van der Waals surface area contributed by atoms with Gasteiger partial charge in [-0.2, -0.15) is 5.10 Å². The molecule has 0 aliphatic rings. The molecule has 4 nitrogen and oxygen atoms in total. The van der Waals surface area contributed by atoms with Crippen LogP contribution in [0.1, 0.15) is 32.0 Å². The number of aryl methyl sites for hydroxylation is 1. The van der Waals surface area contributed by atoms with Crippen LogP contribution >= 0.6 is 10.7 Å². The topological polar surface area (TPSA) is 52.0 Å². The summed E-state index contributed by atoms with van der Waals surface area (Å²) < 4.78 is 23.6. The molecule has 0 atom stereocenters. The Morgan fingerprint density at radius 2 is 2.00 bits per heavy atom. The molecule has 1 aromatic rings. The van der Waals surface area contributed by atoms with Gasteiger partial charge in [-0.3, -0.25) is 4.68 Å². The van der Waals surface area contributed by atoms with Crippen molar-refractivity contribution in [2.75, 3.05) is 0 Å². The van der Waals surface area contributed by atoms with Crippen molar-refractivity contribution in [2.24, 2.45) is 0 Å². The highest BCUT2D eigenvalue weighted by molar-refractivity contribution is 8.13. The molecular formula is C9H15ClN2O2S. The molecule has 0 aliphatic heterocycles. The van der Waals surface area contributed by atoms with Crippen LogP contribution in [0.25, 0.3) is 0 Å². The fourth-order valence-electron chi connectivity index (χ4n) is 1.17. The molecule has 0 fully saturated rings. The zero-order valence-electron chi connectivity index (χ0n) is 9.28. The second kappa shape index (κ2) is 3.79. The van der Waals surface area contributed by atoms with Gasteiger partial charge in [-0.1, -0.05) is 0 Å². The fraction of sp³-hybridized carbons (Fsp3) is 0.667. The Balaban J connectivity index is 3.08. The van der Waals surface area contributed by atoms with Crippen molar-refractivity contribution in [3.05, 3.63) is 17.5 Å². The van der Waals surface area contributed by atoms with Crippen molar-refractivity contribution in [2.45, 2.75) is 39.0 Å². The second-order valence-electron chi connectivity index (χ2n) is 4.54. The Kier molecular flexibility index (Phi) is 3.16. The highest BCUT2D eigenvalue weighted by Crippen LogP contribution is 2.18. The van der Waals surface area contributed by atoms with Crippen LogP contribution in [0, 0.1) is 6.92 Å². The minimum absolute atomic E-state index is 0.154. The van der Waals surface area contributed by atoms with Crippen LogP contribution in [0.4, 0.5) is 0 Å². The van der Waals surface area contributed by atoms with Crippen molar-refractivity contribution in [3.8, 4) is 0 Å². The van der Waals surface area contributed by atoms with Crippen molar-refractivity contribution >= 4 is 19.7 Å². The molecule has 0 aliphatic carbocycles. The number of aromatic nitrogens is 2. The fourth-order valence-corrected chi connectivity index (χ4v) is 2.17. The van der Waals surface area contributed by atoms with Crippen LogP contribution in [0.2, 0.25) is 0 Å². The smallest absolute Gasteiger partial charge is 0.236 e. The number of hydrogen-bond acceptors (Lipinski definition) is 3. The largest absolute Gasteiger partial charge is 0.267 e. The Labute approximate surface area is 94.7 Å². The van der Waals surface area contributed by atoms with E-state index in [2.05, 4.69) is 5.10 Å². The predicted molar refractivity (Wildman–Crippen MR) is 60.4 cm³/mol. The predicted octanol–water partition coefficient (Wildman–Crippen LogP) is 2.02. The standard InChI is InChI=1S/C9H15ClN2O2S/c1-7-8(6-15(10,13)14)5-12(11-7)9(2,3)4/h5H,6H2,1-4H3. The number of halogens is 1. The van der Waals surface area contributed by atoms with Gasteiger partial charge in [-0.15, -0.1) is 0 Å². The van der Waals surface area contributed by atoms with E-state index in [0.717, 1.165) is 0 Å². The van der Waals surface area contributed by atoms with Gasteiger partial charge in [0.15, 0.2) is 0 Å². The van der Waals surface area contributed by atoms with Crippen molar-refractivity contribution in [3.63, 3.8) is 0 Å². The molecule has 0 spiro atoms. The first-order valence-electron chi connectivity index (χ1n) is 4.57. The zero-order valence-corrected chi connectivity index (χ0v) is 10.9. The minimum atomic E-state index is -3.51. The molecule has 1 aromatic heterocycles. The SMILES string of the molecule is Cc1nn(C(C)(C)C)cc1CS(=O)(=O)Cl. The number of rotatable bonds is 2. The van der Waals surface area contributed by atoms with Gasteiger partial charge < -0.3 is 0 Å². The maximum absolute atomic E-state index is 10.9. The van der Waals surface area contributed by atoms with Crippen LogP contribution in [0.5, 0.6) is 0 Å². The van der Waals surface area contributed by atoms with Crippen molar-refractivity contribution < 1.29 is 8.42 Å². The molecule has 0 bridgehead atoms. The van der Waals surface area contributed by atoms with Crippen LogP contribution in [0.15, 0.2) is 6.20 Å². The van der Waals surface area contributed by atoms with E-state index in [1.165, 1.54) is 0 Å². The van der Waals surface area contributed by atoms with E-state index in [0.29, 0.717) is 11.3 Å². The summed E-state index contributed by atoms with van der Waals surface area (Å²) in [5.41, 5.74) is 1.20. The molecule has 0 saturated carbocycles. The van der Waals surface area contributed by atoms with E-state index in [9.17, 15) is 8.42 Å². The lowest BCUT2D eigenvalue weighted by Crippen LogP contribution is -2.22. The van der Waals surface area contributed by atoms with Crippen molar-refractivity contribution in [1.82, 2.24) is 9.78 Å². The van der Waals surface area contributed by atoms with E-state index < -0.39 is 9.05 Å². The molecule has 86 valence electrons.